The van der Waals surface area contributed by atoms with Crippen molar-refractivity contribution in [3.63, 3.8) is 0 Å². The van der Waals surface area contributed by atoms with E-state index in [0.717, 1.165) is 11.1 Å². The van der Waals surface area contributed by atoms with Crippen molar-refractivity contribution in [1.29, 1.82) is 0 Å². The number of aliphatic carboxylic acids is 1. The fourth-order valence-electron chi connectivity index (χ4n) is 5.28. The van der Waals surface area contributed by atoms with Gasteiger partial charge in [0.05, 0.1) is 6.04 Å². The Morgan fingerprint density at radius 2 is 1.68 bits per heavy atom. The number of carboxylic acids is 1. The van der Waals surface area contributed by atoms with Crippen molar-refractivity contribution in [2.45, 2.75) is 56.8 Å². The summed E-state index contributed by atoms with van der Waals surface area (Å²) in [5.74, 6) is -3.48. The highest BCUT2D eigenvalue weighted by Crippen LogP contribution is 2.56. The third kappa shape index (κ3) is 5.77. The van der Waals surface area contributed by atoms with Gasteiger partial charge in [0.1, 0.15) is 5.41 Å². The molecule has 12 heteroatoms. The normalized spacial score (nSPS) is 24.3. The molecule has 2 heterocycles. The van der Waals surface area contributed by atoms with Crippen molar-refractivity contribution in [2.24, 2.45) is 5.41 Å². The third-order valence-corrected chi connectivity index (χ3v) is 7.07. The molecule has 0 unspecified atom stereocenters. The van der Waals surface area contributed by atoms with E-state index in [4.69, 9.17) is 33.1 Å². The van der Waals surface area contributed by atoms with Gasteiger partial charge in [-0.15, -0.1) is 0 Å². The Hall–Kier alpha value is -2.82. The van der Waals surface area contributed by atoms with Crippen LogP contribution in [0.3, 0.4) is 0 Å². The second-order valence-electron chi connectivity index (χ2n) is 10.4. The van der Waals surface area contributed by atoms with Crippen LogP contribution in [0.15, 0.2) is 42.5 Å². The van der Waals surface area contributed by atoms with Crippen LogP contribution in [-0.2, 0) is 19.8 Å². The van der Waals surface area contributed by atoms with Crippen LogP contribution in [0, 0.1) is 5.41 Å². The second kappa shape index (κ2) is 10.7. The molecule has 2 aliphatic heterocycles. The molecule has 0 aromatic heterocycles. The summed E-state index contributed by atoms with van der Waals surface area (Å²) in [5, 5.41) is 17.6. The minimum absolute atomic E-state index is 0.0728. The van der Waals surface area contributed by atoms with Gasteiger partial charge in [-0.2, -0.15) is 13.2 Å². The topological polar surface area (TPSA) is 108 Å². The van der Waals surface area contributed by atoms with Crippen LogP contribution in [0.5, 0.6) is 0 Å². The van der Waals surface area contributed by atoms with Crippen LogP contribution in [0.4, 0.5) is 18.9 Å². The van der Waals surface area contributed by atoms with Gasteiger partial charge in [0.25, 0.3) is 0 Å². The van der Waals surface area contributed by atoms with E-state index in [9.17, 15) is 22.8 Å². The smallest absolute Gasteiger partial charge is 0.475 e. The maximum absolute atomic E-state index is 13.8. The number of nitrogens with one attached hydrogen (secondary N) is 3. The predicted molar refractivity (Wildman–Crippen MR) is 138 cm³/mol. The predicted octanol–water partition coefficient (Wildman–Crippen LogP) is 5.12. The Kier molecular flexibility index (Phi) is 8.41. The molecule has 206 valence electrons. The molecule has 1 fully saturated rings. The Morgan fingerprint density at radius 1 is 1.08 bits per heavy atom. The maximum atomic E-state index is 13.8. The number of fused-ring (bicyclic) bond motifs is 2. The number of alkyl halides is 3. The highest BCUT2D eigenvalue weighted by molar-refractivity contribution is 6.31. The molecule has 2 aliphatic rings. The first kappa shape index (κ1) is 29.7. The van der Waals surface area contributed by atoms with Crippen molar-refractivity contribution in [3.8, 4) is 0 Å². The van der Waals surface area contributed by atoms with Gasteiger partial charge in [-0.1, -0.05) is 62.2 Å². The number of carbonyl (C=O) groups excluding carboxylic acids is 2. The minimum Gasteiger partial charge on any atom is -0.475 e. The van der Waals surface area contributed by atoms with Gasteiger partial charge in [0, 0.05) is 34.7 Å². The number of carboxylic acid groups (broad SMARTS) is 1. The Morgan fingerprint density at radius 3 is 2.21 bits per heavy atom. The molecular formula is C26H28Cl2F3N3O4. The maximum Gasteiger partial charge on any atom is 0.490 e. The van der Waals surface area contributed by atoms with Crippen LogP contribution in [-0.4, -0.2) is 48.2 Å². The molecule has 1 saturated heterocycles. The Labute approximate surface area is 228 Å². The molecule has 0 radical (unpaired) electrons. The zero-order valence-electron chi connectivity index (χ0n) is 21.0. The quantitative estimate of drug-likeness (QED) is 0.407. The number of hydrogen-bond donors (Lipinski definition) is 4. The highest BCUT2D eigenvalue weighted by atomic mass is 35.5. The second-order valence-corrected chi connectivity index (χ2v) is 11.3. The SMILES string of the molecule is CNC(=O)[C@@H]1N[C@@H](CC(C)(C)C)[C@@]2(C(=O)Nc3cc(Cl)ccc32)[C@H]1c1cccc(Cl)c1.O=C(O)C(F)(F)F. The molecule has 2 amide bonds. The molecule has 0 saturated carbocycles. The fraction of sp³-hybridized carbons (Fsp3) is 0.423. The number of benzene rings is 2. The van der Waals surface area contributed by atoms with Gasteiger partial charge in [-0.25, -0.2) is 4.79 Å². The molecule has 4 rings (SSSR count). The average Bonchev–Trinajstić information content (AvgIpc) is 3.27. The summed E-state index contributed by atoms with van der Waals surface area (Å²) in [7, 11) is 1.62. The van der Waals surface area contributed by atoms with Crippen molar-refractivity contribution >= 4 is 46.7 Å². The van der Waals surface area contributed by atoms with Crippen LogP contribution in [0.1, 0.15) is 44.2 Å². The van der Waals surface area contributed by atoms with E-state index >= 15 is 0 Å². The van der Waals surface area contributed by atoms with E-state index in [0.29, 0.717) is 22.2 Å². The van der Waals surface area contributed by atoms with Gasteiger partial charge < -0.3 is 21.1 Å². The van der Waals surface area contributed by atoms with E-state index < -0.39 is 29.5 Å². The number of hydrogen-bond acceptors (Lipinski definition) is 4. The highest BCUT2D eigenvalue weighted by Gasteiger charge is 2.65. The van der Waals surface area contributed by atoms with Gasteiger partial charge >= 0.3 is 12.1 Å². The first-order chi connectivity index (χ1) is 17.5. The summed E-state index contributed by atoms with van der Waals surface area (Å²) in [5.41, 5.74) is 1.36. The molecule has 7 nitrogen and oxygen atoms in total. The third-order valence-electron chi connectivity index (χ3n) is 6.60. The lowest BCUT2D eigenvalue weighted by molar-refractivity contribution is -0.192. The van der Waals surface area contributed by atoms with E-state index in [-0.39, 0.29) is 23.3 Å². The molecule has 2 aromatic carbocycles. The summed E-state index contributed by atoms with van der Waals surface area (Å²) in [4.78, 5) is 35.8. The molecular weight excluding hydrogens is 546 g/mol. The van der Waals surface area contributed by atoms with Crippen molar-refractivity contribution in [3.05, 3.63) is 63.6 Å². The molecule has 4 atom stereocenters. The Bertz CT molecular complexity index is 1250. The number of halogens is 5. The van der Waals surface area contributed by atoms with Crippen LogP contribution in [0.2, 0.25) is 10.0 Å². The lowest BCUT2D eigenvalue weighted by Gasteiger charge is -2.37. The zero-order valence-corrected chi connectivity index (χ0v) is 22.6. The fourth-order valence-corrected chi connectivity index (χ4v) is 5.65. The molecule has 0 bridgehead atoms. The zero-order chi connectivity index (χ0) is 28.6. The van der Waals surface area contributed by atoms with Gasteiger partial charge in [-0.3, -0.25) is 9.59 Å². The number of amides is 2. The lowest BCUT2D eigenvalue weighted by Crippen LogP contribution is -2.49. The van der Waals surface area contributed by atoms with Crippen LogP contribution < -0.4 is 16.0 Å². The first-order valence-corrected chi connectivity index (χ1v) is 12.4. The van der Waals surface area contributed by atoms with E-state index in [2.05, 4.69) is 36.7 Å². The molecule has 2 aromatic rings. The standard InChI is InChI=1S/C24H27Cl2N3O2.C2HF3O2/c1-23(2,3)12-18-24(16-9-8-15(26)11-17(16)28-22(24)31)19(20(29-18)21(30)27-4)13-6-5-7-14(25)10-13;3-2(4,5)1(6)7/h5-11,18-20,29H,12H2,1-4H3,(H,27,30)(H,28,31);(H,6,7)/t18-,19-,20+,24+;/m0./s1. The minimum atomic E-state index is -5.08. The van der Waals surface area contributed by atoms with E-state index in [1.807, 2.05) is 24.3 Å². The largest absolute Gasteiger partial charge is 0.490 e. The van der Waals surface area contributed by atoms with Crippen LogP contribution in [0.25, 0.3) is 0 Å². The lowest BCUT2D eigenvalue weighted by atomic mass is 9.62. The summed E-state index contributed by atoms with van der Waals surface area (Å²) in [6, 6.07) is 12.1. The van der Waals surface area contributed by atoms with E-state index in [1.54, 1.807) is 25.2 Å². The van der Waals surface area contributed by atoms with Crippen molar-refractivity contribution < 1.29 is 32.7 Å². The average molecular weight is 574 g/mol. The van der Waals surface area contributed by atoms with Gasteiger partial charge in [-0.05, 0) is 47.2 Å². The van der Waals surface area contributed by atoms with Crippen molar-refractivity contribution in [1.82, 2.24) is 10.6 Å². The molecule has 0 aliphatic carbocycles. The first-order valence-electron chi connectivity index (χ1n) is 11.7. The molecule has 38 heavy (non-hydrogen) atoms. The van der Waals surface area contributed by atoms with Crippen molar-refractivity contribution in [2.75, 3.05) is 12.4 Å². The molecule has 4 N–H and O–H groups in total. The van der Waals surface area contributed by atoms with E-state index in [1.165, 1.54) is 0 Å². The van der Waals surface area contributed by atoms with Gasteiger partial charge in [0.2, 0.25) is 11.8 Å². The Balaban J connectivity index is 0.000000505. The summed E-state index contributed by atoms with van der Waals surface area (Å²) >= 11 is 12.6. The summed E-state index contributed by atoms with van der Waals surface area (Å²) < 4.78 is 31.7. The number of rotatable bonds is 3. The number of anilines is 1. The number of likely N-dealkylation sites (N-methyl/N-ethyl adjacent to an activating group) is 1. The summed E-state index contributed by atoms with van der Waals surface area (Å²) in [6.45, 7) is 6.42. The molecule has 1 spiro atoms. The monoisotopic (exact) mass is 573 g/mol. The summed E-state index contributed by atoms with van der Waals surface area (Å²) in [6.07, 6.45) is -4.38. The van der Waals surface area contributed by atoms with Crippen LogP contribution >= 0.6 is 23.2 Å². The number of carbonyl (C=O) groups is 3. The van der Waals surface area contributed by atoms with Gasteiger partial charge in [0.15, 0.2) is 0 Å².